The first-order valence-electron chi connectivity index (χ1n) is 5.51. The molecule has 0 radical (unpaired) electrons. The van der Waals surface area contributed by atoms with Gasteiger partial charge in [0.2, 0.25) is 0 Å². The highest BCUT2D eigenvalue weighted by Gasteiger charge is 2.10. The molecule has 0 saturated heterocycles. The molecule has 0 fully saturated rings. The minimum absolute atomic E-state index is 0.109. The number of nitrogens with one attached hydrogen (secondary N) is 1. The third-order valence-electron chi connectivity index (χ3n) is 2.42. The summed E-state index contributed by atoms with van der Waals surface area (Å²) in [6, 6.07) is 3.75. The van der Waals surface area contributed by atoms with Crippen LogP contribution >= 0.6 is 23.6 Å². The molecule has 0 aliphatic heterocycles. The highest BCUT2D eigenvalue weighted by atomic mass is 32.1. The lowest BCUT2D eigenvalue weighted by Crippen LogP contribution is -2.12. The number of thiazole rings is 1. The molecule has 0 saturated carbocycles. The summed E-state index contributed by atoms with van der Waals surface area (Å²) >= 11 is 6.62. The molecule has 0 amide bonds. The summed E-state index contributed by atoms with van der Waals surface area (Å²) in [6.45, 7) is 4.09. The van der Waals surface area contributed by atoms with Crippen molar-refractivity contribution in [2.24, 2.45) is 5.73 Å². The first-order valence-corrected chi connectivity index (χ1v) is 6.73. The van der Waals surface area contributed by atoms with Gasteiger partial charge in [-0.05, 0) is 26.0 Å². The number of aromatic nitrogens is 2. The Bertz CT molecular complexity index is 565. The van der Waals surface area contributed by atoms with Crippen LogP contribution in [0.2, 0.25) is 0 Å². The monoisotopic (exact) mass is 278 g/mol. The number of aryl methyl sites for hydroxylation is 1. The second-order valence-electron chi connectivity index (χ2n) is 3.97. The molecule has 2 heterocycles. The van der Waals surface area contributed by atoms with E-state index in [-0.39, 0.29) is 6.04 Å². The number of anilines is 1. The standard InChI is InChI=1S/C12H14N4S2/c1-7-6-15-12(18-7)8(2)16-10-5-9(11(13)17)3-4-14-10/h3-6,8H,1-2H3,(H2,13,17)(H,14,16). The summed E-state index contributed by atoms with van der Waals surface area (Å²) in [4.78, 5) is 10.2. The maximum atomic E-state index is 5.59. The molecule has 0 aliphatic carbocycles. The number of hydrogen-bond donors (Lipinski definition) is 2. The van der Waals surface area contributed by atoms with E-state index in [0.29, 0.717) is 4.99 Å². The van der Waals surface area contributed by atoms with Crippen molar-refractivity contribution in [1.29, 1.82) is 0 Å². The van der Waals surface area contributed by atoms with E-state index in [1.807, 2.05) is 26.1 Å². The average molecular weight is 278 g/mol. The summed E-state index contributed by atoms with van der Waals surface area (Å²) in [6.07, 6.45) is 3.56. The lowest BCUT2D eigenvalue weighted by atomic mass is 10.2. The molecule has 0 bridgehead atoms. The first kappa shape index (κ1) is 12.9. The van der Waals surface area contributed by atoms with Crippen LogP contribution in [-0.2, 0) is 0 Å². The van der Waals surface area contributed by atoms with Crippen LogP contribution < -0.4 is 11.1 Å². The lowest BCUT2D eigenvalue weighted by molar-refractivity contribution is 0.860. The van der Waals surface area contributed by atoms with Gasteiger partial charge >= 0.3 is 0 Å². The van der Waals surface area contributed by atoms with Gasteiger partial charge in [0.05, 0.1) is 6.04 Å². The third kappa shape index (κ3) is 3.02. The number of rotatable bonds is 4. The fourth-order valence-corrected chi connectivity index (χ4v) is 2.42. The lowest BCUT2D eigenvalue weighted by Gasteiger charge is -2.12. The van der Waals surface area contributed by atoms with Gasteiger partial charge < -0.3 is 11.1 Å². The van der Waals surface area contributed by atoms with Crippen LogP contribution in [0.15, 0.2) is 24.5 Å². The Hall–Kier alpha value is -1.53. The van der Waals surface area contributed by atoms with Crippen molar-refractivity contribution in [1.82, 2.24) is 9.97 Å². The molecule has 2 aromatic rings. The van der Waals surface area contributed by atoms with Crippen LogP contribution in [0.4, 0.5) is 5.82 Å². The largest absolute Gasteiger partial charge is 0.389 e. The van der Waals surface area contributed by atoms with Gasteiger partial charge in [-0.1, -0.05) is 12.2 Å². The Morgan fingerprint density at radius 3 is 2.89 bits per heavy atom. The molecule has 4 nitrogen and oxygen atoms in total. The van der Waals surface area contributed by atoms with E-state index in [4.69, 9.17) is 18.0 Å². The van der Waals surface area contributed by atoms with Gasteiger partial charge in [0.1, 0.15) is 15.8 Å². The van der Waals surface area contributed by atoms with E-state index in [2.05, 4.69) is 15.3 Å². The number of hydrogen-bond acceptors (Lipinski definition) is 5. The predicted molar refractivity (Wildman–Crippen MR) is 79.0 cm³/mol. The minimum atomic E-state index is 0.109. The highest BCUT2D eigenvalue weighted by molar-refractivity contribution is 7.80. The van der Waals surface area contributed by atoms with Gasteiger partial charge in [0, 0.05) is 22.8 Å². The van der Waals surface area contributed by atoms with E-state index in [1.165, 1.54) is 4.88 Å². The van der Waals surface area contributed by atoms with Crippen LogP contribution in [0.1, 0.15) is 28.4 Å². The summed E-state index contributed by atoms with van der Waals surface area (Å²) in [5.74, 6) is 0.751. The van der Waals surface area contributed by atoms with Crippen molar-refractivity contribution in [2.45, 2.75) is 19.9 Å². The average Bonchev–Trinajstić information content (AvgIpc) is 2.76. The van der Waals surface area contributed by atoms with Gasteiger partial charge in [-0.25, -0.2) is 9.97 Å². The zero-order chi connectivity index (χ0) is 13.1. The SMILES string of the molecule is Cc1cnc(C(C)Nc2cc(C(N)=S)ccn2)s1. The first-order chi connectivity index (χ1) is 8.56. The van der Waals surface area contributed by atoms with Gasteiger partial charge in [0.25, 0.3) is 0 Å². The summed E-state index contributed by atoms with van der Waals surface area (Å²) in [5.41, 5.74) is 6.40. The molecule has 94 valence electrons. The van der Waals surface area contributed by atoms with E-state index in [1.54, 1.807) is 23.6 Å². The van der Waals surface area contributed by atoms with E-state index >= 15 is 0 Å². The van der Waals surface area contributed by atoms with Gasteiger partial charge in [-0.3, -0.25) is 0 Å². The molecule has 3 N–H and O–H groups in total. The molecule has 6 heteroatoms. The highest BCUT2D eigenvalue weighted by Crippen LogP contribution is 2.22. The van der Waals surface area contributed by atoms with Crippen molar-refractivity contribution in [3.63, 3.8) is 0 Å². The van der Waals surface area contributed by atoms with Crippen LogP contribution in [0, 0.1) is 6.92 Å². The van der Waals surface area contributed by atoms with Crippen LogP contribution in [-0.4, -0.2) is 15.0 Å². The molecule has 2 rings (SSSR count). The van der Waals surface area contributed by atoms with Crippen molar-refractivity contribution in [3.8, 4) is 0 Å². The smallest absolute Gasteiger partial charge is 0.127 e. The second kappa shape index (κ2) is 5.41. The third-order valence-corrected chi connectivity index (χ3v) is 3.75. The zero-order valence-corrected chi connectivity index (χ0v) is 11.8. The molecule has 0 aromatic carbocycles. The van der Waals surface area contributed by atoms with Crippen molar-refractivity contribution in [3.05, 3.63) is 40.0 Å². The van der Waals surface area contributed by atoms with E-state index < -0.39 is 0 Å². The quantitative estimate of drug-likeness (QED) is 0.842. The molecule has 18 heavy (non-hydrogen) atoms. The van der Waals surface area contributed by atoms with Crippen molar-refractivity contribution >= 4 is 34.4 Å². The van der Waals surface area contributed by atoms with Gasteiger partial charge in [-0.2, -0.15) is 0 Å². The summed E-state index contributed by atoms with van der Waals surface area (Å²) < 4.78 is 0. The van der Waals surface area contributed by atoms with Gasteiger partial charge in [0.15, 0.2) is 0 Å². The normalized spacial score (nSPS) is 12.1. The Morgan fingerprint density at radius 2 is 2.28 bits per heavy atom. The maximum Gasteiger partial charge on any atom is 0.127 e. The van der Waals surface area contributed by atoms with E-state index in [9.17, 15) is 0 Å². The van der Waals surface area contributed by atoms with E-state index in [0.717, 1.165) is 16.4 Å². The fourth-order valence-electron chi connectivity index (χ4n) is 1.52. The Morgan fingerprint density at radius 1 is 1.50 bits per heavy atom. The Balaban J connectivity index is 2.14. The maximum absolute atomic E-state index is 5.59. The molecular weight excluding hydrogens is 264 g/mol. The summed E-state index contributed by atoms with van der Waals surface area (Å²) in [5, 5.41) is 4.33. The predicted octanol–water partition coefficient (Wildman–Crippen LogP) is 2.65. The molecule has 2 aromatic heterocycles. The van der Waals surface area contributed by atoms with Crippen LogP contribution in [0.5, 0.6) is 0 Å². The van der Waals surface area contributed by atoms with Crippen molar-refractivity contribution < 1.29 is 0 Å². The Labute approximate surface area is 115 Å². The molecule has 0 aliphatic rings. The van der Waals surface area contributed by atoms with Gasteiger partial charge in [-0.15, -0.1) is 11.3 Å². The molecule has 1 unspecified atom stereocenters. The molecule has 0 spiro atoms. The molecule has 1 atom stereocenters. The van der Waals surface area contributed by atoms with Crippen LogP contribution in [0.25, 0.3) is 0 Å². The fraction of sp³-hybridized carbons (Fsp3) is 0.250. The second-order valence-corrected chi connectivity index (χ2v) is 5.68. The van der Waals surface area contributed by atoms with Crippen LogP contribution in [0.3, 0.4) is 0 Å². The molecular formula is C12H14N4S2. The number of thiocarbonyl (C=S) groups is 1. The number of nitrogens with two attached hydrogens (primary N) is 1. The number of pyridine rings is 1. The zero-order valence-electron chi connectivity index (χ0n) is 10.2. The Kier molecular flexibility index (Phi) is 3.88. The van der Waals surface area contributed by atoms with Crippen molar-refractivity contribution in [2.75, 3.05) is 5.32 Å². The topological polar surface area (TPSA) is 63.8 Å². The summed E-state index contributed by atoms with van der Waals surface area (Å²) in [7, 11) is 0. The minimum Gasteiger partial charge on any atom is -0.389 e. The number of nitrogens with zero attached hydrogens (tertiary/aromatic N) is 2.